The molecule has 9 heteroatoms. The lowest BCUT2D eigenvalue weighted by molar-refractivity contribution is 0.0703. The third-order valence-corrected chi connectivity index (χ3v) is 6.06. The van der Waals surface area contributed by atoms with E-state index in [4.69, 9.17) is 11.6 Å². The van der Waals surface area contributed by atoms with E-state index < -0.39 is 16.6 Å². The molecule has 1 aromatic heterocycles. The number of alkyl halides is 2. The lowest BCUT2D eigenvalue weighted by atomic mass is 10.3. The predicted molar refractivity (Wildman–Crippen MR) is 91.1 cm³/mol. The van der Waals surface area contributed by atoms with Gasteiger partial charge in [0.15, 0.2) is 0 Å². The summed E-state index contributed by atoms with van der Waals surface area (Å²) in [5.41, 5.74) is 0.623. The van der Waals surface area contributed by atoms with Crippen molar-refractivity contribution in [1.29, 1.82) is 0 Å². The summed E-state index contributed by atoms with van der Waals surface area (Å²) < 4.78 is 53.9. The fourth-order valence-corrected chi connectivity index (χ4v) is 4.14. The molecule has 0 saturated carbocycles. The van der Waals surface area contributed by atoms with Crippen molar-refractivity contribution in [2.45, 2.75) is 18.0 Å². The molecule has 0 aliphatic heterocycles. The fourth-order valence-electron chi connectivity index (χ4n) is 2.53. The van der Waals surface area contributed by atoms with Crippen LogP contribution in [0.5, 0.6) is 0 Å². The van der Waals surface area contributed by atoms with Gasteiger partial charge in [-0.1, -0.05) is 35.9 Å². The van der Waals surface area contributed by atoms with Gasteiger partial charge in [-0.25, -0.2) is 13.4 Å². The van der Waals surface area contributed by atoms with Crippen molar-refractivity contribution in [1.82, 2.24) is 13.9 Å². The highest BCUT2D eigenvalue weighted by molar-refractivity contribution is 7.89. The molecule has 0 N–H and O–H groups in total. The lowest BCUT2D eigenvalue weighted by Gasteiger charge is -2.18. The van der Waals surface area contributed by atoms with E-state index in [0.29, 0.717) is 5.52 Å². The highest BCUT2D eigenvalue weighted by atomic mass is 35.5. The van der Waals surface area contributed by atoms with Gasteiger partial charge < -0.3 is 0 Å². The van der Waals surface area contributed by atoms with E-state index in [1.807, 2.05) is 0 Å². The number of rotatable bonds is 5. The zero-order valence-electron chi connectivity index (χ0n) is 13.1. The Labute approximate surface area is 148 Å². The van der Waals surface area contributed by atoms with Gasteiger partial charge in [-0.2, -0.15) is 13.1 Å². The van der Waals surface area contributed by atoms with Crippen molar-refractivity contribution in [3.05, 3.63) is 59.4 Å². The summed E-state index contributed by atoms with van der Waals surface area (Å²) in [5, 5.41) is 0.0664. The zero-order valence-corrected chi connectivity index (χ0v) is 14.7. The molecule has 0 bridgehead atoms. The first-order valence-corrected chi connectivity index (χ1v) is 9.09. The van der Waals surface area contributed by atoms with Crippen LogP contribution in [0.1, 0.15) is 12.4 Å². The standard InChI is InChI=1S/C16H14ClF2N3O2S/c1-21(25(23,24)14-9-5-2-6-11(14)17)10-15-20-12-7-3-4-8-13(12)22(15)16(18)19/h2-9,16H,10H2,1H3. The minimum Gasteiger partial charge on any atom is -0.269 e. The summed E-state index contributed by atoms with van der Waals surface area (Å²) in [7, 11) is -2.65. The maximum absolute atomic E-state index is 13.5. The molecule has 2 aromatic carbocycles. The van der Waals surface area contributed by atoms with Gasteiger partial charge in [-0.05, 0) is 24.3 Å². The van der Waals surface area contributed by atoms with Gasteiger partial charge in [0.1, 0.15) is 10.7 Å². The third-order valence-electron chi connectivity index (χ3n) is 3.75. The van der Waals surface area contributed by atoms with Crippen LogP contribution in [-0.2, 0) is 16.6 Å². The molecule has 25 heavy (non-hydrogen) atoms. The molecule has 0 aliphatic carbocycles. The molecule has 132 valence electrons. The molecule has 3 rings (SSSR count). The van der Waals surface area contributed by atoms with E-state index in [2.05, 4.69) is 4.98 Å². The zero-order chi connectivity index (χ0) is 18.2. The van der Waals surface area contributed by atoms with E-state index >= 15 is 0 Å². The fraction of sp³-hybridized carbons (Fsp3) is 0.188. The number of imidazole rings is 1. The molecule has 0 aliphatic rings. The van der Waals surface area contributed by atoms with E-state index in [0.717, 1.165) is 8.87 Å². The van der Waals surface area contributed by atoms with Gasteiger partial charge >= 0.3 is 6.55 Å². The number of para-hydroxylation sites is 2. The van der Waals surface area contributed by atoms with Gasteiger partial charge in [-0.3, -0.25) is 4.57 Å². The maximum atomic E-state index is 13.5. The number of hydrogen-bond acceptors (Lipinski definition) is 3. The average Bonchev–Trinajstić information content (AvgIpc) is 2.92. The summed E-state index contributed by atoms with van der Waals surface area (Å²) in [6, 6.07) is 12.4. The molecular weight excluding hydrogens is 372 g/mol. The number of sulfonamides is 1. The molecule has 5 nitrogen and oxygen atoms in total. The Bertz CT molecular complexity index is 1020. The Balaban J connectivity index is 2.01. The molecule has 0 atom stereocenters. The van der Waals surface area contributed by atoms with Crippen LogP contribution < -0.4 is 0 Å². The largest absolute Gasteiger partial charge is 0.320 e. The highest BCUT2D eigenvalue weighted by Gasteiger charge is 2.26. The summed E-state index contributed by atoms with van der Waals surface area (Å²) in [6.45, 7) is -3.15. The summed E-state index contributed by atoms with van der Waals surface area (Å²) >= 11 is 5.96. The van der Waals surface area contributed by atoms with Gasteiger partial charge in [0.05, 0.1) is 22.6 Å². The third kappa shape index (κ3) is 3.24. The lowest BCUT2D eigenvalue weighted by Crippen LogP contribution is -2.28. The molecule has 3 aromatic rings. The second-order valence-corrected chi connectivity index (χ2v) is 7.78. The van der Waals surface area contributed by atoms with Crippen LogP contribution in [-0.4, -0.2) is 29.3 Å². The van der Waals surface area contributed by atoms with Crippen LogP contribution in [0.25, 0.3) is 11.0 Å². The molecule has 0 saturated heterocycles. The molecule has 1 heterocycles. The van der Waals surface area contributed by atoms with E-state index in [9.17, 15) is 17.2 Å². The first-order chi connectivity index (χ1) is 11.8. The Kier molecular flexibility index (Phi) is 4.77. The van der Waals surface area contributed by atoms with Gasteiger partial charge in [-0.15, -0.1) is 0 Å². The van der Waals surface area contributed by atoms with Crippen molar-refractivity contribution in [2.75, 3.05) is 7.05 Å². The van der Waals surface area contributed by atoms with Crippen molar-refractivity contribution in [2.24, 2.45) is 0 Å². The predicted octanol–water partition coefficient (Wildman–Crippen LogP) is 3.91. The summed E-state index contributed by atoms with van der Waals surface area (Å²) in [4.78, 5) is 4.06. The number of nitrogens with zero attached hydrogens (tertiary/aromatic N) is 3. The average molecular weight is 386 g/mol. The van der Waals surface area contributed by atoms with E-state index in [-0.39, 0.29) is 27.8 Å². The molecule has 0 spiro atoms. The van der Waals surface area contributed by atoms with Gasteiger partial charge in [0.25, 0.3) is 0 Å². The van der Waals surface area contributed by atoms with Crippen molar-refractivity contribution >= 4 is 32.7 Å². The van der Waals surface area contributed by atoms with Crippen LogP contribution >= 0.6 is 11.6 Å². The smallest absolute Gasteiger partial charge is 0.269 e. The number of hydrogen-bond donors (Lipinski definition) is 0. The van der Waals surface area contributed by atoms with E-state index in [1.54, 1.807) is 30.3 Å². The summed E-state index contributed by atoms with van der Waals surface area (Å²) in [6.07, 6.45) is 0. The van der Waals surface area contributed by atoms with Gasteiger partial charge in [0.2, 0.25) is 10.0 Å². The second kappa shape index (κ2) is 6.70. The number of halogens is 3. The Hall–Kier alpha value is -2.03. The topological polar surface area (TPSA) is 55.2 Å². The number of fused-ring (bicyclic) bond motifs is 1. The SMILES string of the molecule is CN(Cc1nc2ccccc2n1C(F)F)S(=O)(=O)c1ccccc1Cl. The van der Waals surface area contributed by atoms with Crippen LogP contribution in [0.4, 0.5) is 8.78 Å². The first-order valence-electron chi connectivity index (χ1n) is 7.27. The van der Waals surface area contributed by atoms with Crippen molar-refractivity contribution in [3.8, 4) is 0 Å². The molecular formula is C16H14ClF2N3O2S. The van der Waals surface area contributed by atoms with Crippen LogP contribution in [0.3, 0.4) is 0 Å². The molecule has 0 fully saturated rings. The van der Waals surface area contributed by atoms with Crippen LogP contribution in [0.2, 0.25) is 5.02 Å². The Morgan fingerprint density at radius 1 is 1.16 bits per heavy atom. The van der Waals surface area contributed by atoms with Crippen molar-refractivity contribution < 1.29 is 17.2 Å². The quantitative estimate of drug-likeness (QED) is 0.669. The van der Waals surface area contributed by atoms with Crippen molar-refractivity contribution in [3.63, 3.8) is 0 Å². The Morgan fingerprint density at radius 3 is 2.48 bits per heavy atom. The number of aromatic nitrogens is 2. The molecule has 0 radical (unpaired) electrons. The first kappa shape index (κ1) is 17.8. The van der Waals surface area contributed by atoms with Crippen LogP contribution in [0, 0.1) is 0 Å². The molecule has 0 unspecified atom stereocenters. The van der Waals surface area contributed by atoms with Crippen LogP contribution in [0.15, 0.2) is 53.4 Å². The Morgan fingerprint density at radius 2 is 1.80 bits per heavy atom. The maximum Gasteiger partial charge on any atom is 0.320 e. The number of benzene rings is 2. The second-order valence-electron chi connectivity index (χ2n) is 5.36. The normalized spacial score (nSPS) is 12.4. The van der Waals surface area contributed by atoms with E-state index in [1.165, 1.54) is 25.2 Å². The monoisotopic (exact) mass is 385 g/mol. The summed E-state index contributed by atoms with van der Waals surface area (Å²) in [5.74, 6) is -0.0469. The van der Waals surface area contributed by atoms with Gasteiger partial charge in [0, 0.05) is 7.05 Å². The highest BCUT2D eigenvalue weighted by Crippen LogP contribution is 2.27. The molecule has 0 amide bonds. The minimum absolute atomic E-state index is 0.0469. The minimum atomic E-state index is -3.94.